The van der Waals surface area contributed by atoms with Gasteiger partial charge in [-0.25, -0.2) is 0 Å². The molecular weight excluding hydrogens is 188 g/mol. The van der Waals surface area contributed by atoms with Gasteiger partial charge >= 0.3 is 0 Å². The highest BCUT2D eigenvalue weighted by molar-refractivity contribution is 5.86. The summed E-state index contributed by atoms with van der Waals surface area (Å²) in [5.74, 6) is -0.00578. The van der Waals surface area contributed by atoms with E-state index in [0.717, 1.165) is 19.5 Å². The highest BCUT2D eigenvalue weighted by Gasteiger charge is 2.02. The molecule has 4 heteroatoms. The second kappa shape index (κ2) is 8.08. The topological polar surface area (TPSA) is 23.6 Å². The van der Waals surface area contributed by atoms with Crippen molar-refractivity contribution in [1.82, 2.24) is 9.80 Å². The normalized spacial score (nSPS) is 9.23. The first-order valence-corrected chi connectivity index (χ1v) is 4.10. The van der Waals surface area contributed by atoms with E-state index in [1.165, 1.54) is 6.08 Å². The standard InChI is InChI=1S/C9H18N2O.ClH/c1-5-9(12)11(4)8-6-7-10(2)3;/h5H,1,6-8H2,2-4H3;1H. The van der Waals surface area contributed by atoms with Crippen LogP contribution in [0.3, 0.4) is 0 Å². The Balaban J connectivity index is 0. The Bertz CT molecular complexity index is 160. The molecule has 3 nitrogen and oxygen atoms in total. The van der Waals surface area contributed by atoms with Crippen LogP contribution in [0.2, 0.25) is 0 Å². The summed E-state index contributed by atoms with van der Waals surface area (Å²) < 4.78 is 0. The molecule has 0 aromatic carbocycles. The Morgan fingerprint density at radius 2 is 1.85 bits per heavy atom. The van der Waals surface area contributed by atoms with Crippen molar-refractivity contribution in [2.24, 2.45) is 0 Å². The predicted octanol–water partition coefficient (Wildman–Crippen LogP) is 1.00. The number of halogens is 1. The summed E-state index contributed by atoms with van der Waals surface area (Å²) in [5.41, 5.74) is 0. The number of nitrogens with zero attached hydrogens (tertiary/aromatic N) is 2. The number of carbonyl (C=O) groups excluding carboxylic acids is 1. The first-order chi connectivity index (χ1) is 5.57. The first-order valence-electron chi connectivity index (χ1n) is 4.10. The van der Waals surface area contributed by atoms with Gasteiger partial charge in [-0.1, -0.05) is 6.58 Å². The fraction of sp³-hybridized carbons (Fsp3) is 0.667. The van der Waals surface area contributed by atoms with E-state index in [2.05, 4.69) is 11.5 Å². The largest absolute Gasteiger partial charge is 0.342 e. The molecule has 0 aliphatic heterocycles. The third kappa shape index (κ3) is 7.81. The molecule has 0 saturated carbocycles. The third-order valence-electron chi connectivity index (χ3n) is 1.65. The molecule has 0 aromatic heterocycles. The second-order valence-corrected chi connectivity index (χ2v) is 3.12. The van der Waals surface area contributed by atoms with Crippen molar-refractivity contribution in [2.75, 3.05) is 34.2 Å². The van der Waals surface area contributed by atoms with Gasteiger partial charge in [0.2, 0.25) is 5.91 Å². The number of hydrogen-bond acceptors (Lipinski definition) is 2. The maximum Gasteiger partial charge on any atom is 0.245 e. The summed E-state index contributed by atoms with van der Waals surface area (Å²) in [6, 6.07) is 0. The highest BCUT2D eigenvalue weighted by Crippen LogP contribution is 1.90. The zero-order chi connectivity index (χ0) is 9.56. The lowest BCUT2D eigenvalue weighted by Gasteiger charge is -2.16. The lowest BCUT2D eigenvalue weighted by atomic mass is 10.3. The van der Waals surface area contributed by atoms with Gasteiger partial charge in [0.25, 0.3) is 0 Å². The van der Waals surface area contributed by atoms with Crippen LogP contribution in [0.15, 0.2) is 12.7 Å². The lowest BCUT2D eigenvalue weighted by molar-refractivity contribution is -0.124. The second-order valence-electron chi connectivity index (χ2n) is 3.12. The summed E-state index contributed by atoms with van der Waals surface area (Å²) >= 11 is 0. The Labute approximate surface area is 86.8 Å². The fourth-order valence-corrected chi connectivity index (χ4v) is 0.890. The van der Waals surface area contributed by atoms with E-state index < -0.39 is 0 Å². The summed E-state index contributed by atoms with van der Waals surface area (Å²) in [5, 5.41) is 0. The molecule has 13 heavy (non-hydrogen) atoms. The Morgan fingerprint density at radius 1 is 1.31 bits per heavy atom. The molecule has 1 amide bonds. The molecule has 0 heterocycles. The molecule has 0 aromatic rings. The maximum absolute atomic E-state index is 11.0. The predicted molar refractivity (Wildman–Crippen MR) is 58.3 cm³/mol. The number of rotatable bonds is 5. The molecule has 0 bridgehead atoms. The van der Waals surface area contributed by atoms with Gasteiger partial charge in [0.15, 0.2) is 0 Å². The molecule has 0 fully saturated rings. The van der Waals surface area contributed by atoms with Gasteiger partial charge in [-0.05, 0) is 33.1 Å². The molecule has 0 aliphatic rings. The number of carbonyl (C=O) groups is 1. The van der Waals surface area contributed by atoms with Gasteiger partial charge < -0.3 is 9.80 Å². The van der Waals surface area contributed by atoms with Crippen molar-refractivity contribution in [2.45, 2.75) is 6.42 Å². The van der Waals surface area contributed by atoms with E-state index in [4.69, 9.17) is 0 Å². The van der Waals surface area contributed by atoms with E-state index in [-0.39, 0.29) is 18.3 Å². The number of likely N-dealkylation sites (N-methyl/N-ethyl adjacent to an activating group) is 1. The molecule has 0 unspecified atom stereocenters. The average molecular weight is 207 g/mol. The van der Waals surface area contributed by atoms with Crippen LogP contribution >= 0.6 is 12.4 Å². The Morgan fingerprint density at radius 3 is 2.23 bits per heavy atom. The molecule has 0 N–H and O–H groups in total. The number of hydrogen-bond donors (Lipinski definition) is 0. The molecule has 78 valence electrons. The molecule has 0 radical (unpaired) electrons. The van der Waals surface area contributed by atoms with E-state index in [0.29, 0.717) is 0 Å². The Kier molecular flexibility index (Phi) is 9.29. The zero-order valence-electron chi connectivity index (χ0n) is 8.62. The van der Waals surface area contributed by atoms with Gasteiger partial charge in [-0.3, -0.25) is 4.79 Å². The minimum atomic E-state index is -0.00578. The summed E-state index contributed by atoms with van der Waals surface area (Å²) in [7, 11) is 5.84. The molecular formula is C9H19ClN2O. The molecule has 0 atom stereocenters. The van der Waals surface area contributed by atoms with Gasteiger partial charge in [-0.2, -0.15) is 0 Å². The maximum atomic E-state index is 11.0. The summed E-state index contributed by atoms with van der Waals surface area (Å²) in [6.07, 6.45) is 2.35. The molecule has 0 rings (SSSR count). The fourth-order valence-electron chi connectivity index (χ4n) is 0.890. The third-order valence-corrected chi connectivity index (χ3v) is 1.65. The van der Waals surface area contributed by atoms with Crippen LogP contribution in [0.1, 0.15) is 6.42 Å². The summed E-state index contributed by atoms with van der Waals surface area (Å²) in [4.78, 5) is 14.8. The number of amides is 1. The van der Waals surface area contributed by atoms with Gasteiger partial charge in [0.1, 0.15) is 0 Å². The van der Waals surface area contributed by atoms with E-state index >= 15 is 0 Å². The quantitative estimate of drug-likeness (QED) is 0.627. The van der Waals surface area contributed by atoms with Crippen LogP contribution < -0.4 is 0 Å². The SMILES string of the molecule is C=CC(=O)N(C)CCCN(C)C.Cl. The Hall–Kier alpha value is -0.540. The molecule has 0 aliphatic carbocycles. The van der Waals surface area contributed by atoms with Gasteiger partial charge in [0, 0.05) is 13.6 Å². The molecule has 0 saturated heterocycles. The van der Waals surface area contributed by atoms with Crippen LogP contribution in [0.5, 0.6) is 0 Å². The average Bonchev–Trinajstić information content (AvgIpc) is 2.02. The van der Waals surface area contributed by atoms with Crippen molar-refractivity contribution in [3.8, 4) is 0 Å². The summed E-state index contributed by atoms with van der Waals surface area (Å²) in [6.45, 7) is 5.23. The molecule has 0 spiro atoms. The minimum Gasteiger partial charge on any atom is -0.342 e. The van der Waals surface area contributed by atoms with Crippen LogP contribution in [0.4, 0.5) is 0 Å². The monoisotopic (exact) mass is 206 g/mol. The minimum absolute atomic E-state index is 0. The smallest absolute Gasteiger partial charge is 0.245 e. The zero-order valence-corrected chi connectivity index (χ0v) is 9.43. The lowest BCUT2D eigenvalue weighted by Crippen LogP contribution is -2.28. The highest BCUT2D eigenvalue weighted by atomic mass is 35.5. The van der Waals surface area contributed by atoms with E-state index in [9.17, 15) is 4.79 Å². The van der Waals surface area contributed by atoms with Crippen LogP contribution in [-0.4, -0.2) is 49.9 Å². The van der Waals surface area contributed by atoms with Crippen LogP contribution in [0.25, 0.3) is 0 Å². The van der Waals surface area contributed by atoms with Crippen LogP contribution in [-0.2, 0) is 4.79 Å². The van der Waals surface area contributed by atoms with Crippen molar-refractivity contribution in [3.63, 3.8) is 0 Å². The van der Waals surface area contributed by atoms with Crippen molar-refractivity contribution in [3.05, 3.63) is 12.7 Å². The first kappa shape index (κ1) is 15.0. The van der Waals surface area contributed by atoms with Gasteiger partial charge in [0.05, 0.1) is 0 Å². The van der Waals surface area contributed by atoms with Crippen molar-refractivity contribution >= 4 is 18.3 Å². The van der Waals surface area contributed by atoms with Crippen molar-refractivity contribution in [1.29, 1.82) is 0 Å². The van der Waals surface area contributed by atoms with E-state index in [1.807, 2.05) is 14.1 Å². The van der Waals surface area contributed by atoms with Crippen molar-refractivity contribution < 1.29 is 4.79 Å². The van der Waals surface area contributed by atoms with Crippen LogP contribution in [0, 0.1) is 0 Å². The van der Waals surface area contributed by atoms with Gasteiger partial charge in [-0.15, -0.1) is 12.4 Å². The van der Waals surface area contributed by atoms with E-state index in [1.54, 1.807) is 11.9 Å².